The highest BCUT2D eigenvalue weighted by atomic mass is 19.1. The van der Waals surface area contributed by atoms with Gasteiger partial charge >= 0.3 is 0 Å². The van der Waals surface area contributed by atoms with E-state index in [1.807, 2.05) is 13.1 Å². The molecule has 0 fully saturated rings. The SMILES string of the molecule is COc1ccc(C(=O)CCc2ccnn2C)c(F)c1. The third-order valence-corrected chi connectivity index (χ3v) is 3.01. The molecule has 0 aliphatic heterocycles. The summed E-state index contributed by atoms with van der Waals surface area (Å²) in [5, 5.41) is 4.02. The zero-order valence-electron chi connectivity index (χ0n) is 10.9. The normalized spacial score (nSPS) is 10.5. The van der Waals surface area contributed by atoms with Crippen LogP contribution in [0.4, 0.5) is 4.39 Å². The molecular formula is C14H15FN2O2. The Labute approximate surface area is 110 Å². The van der Waals surface area contributed by atoms with Crippen LogP contribution < -0.4 is 4.74 Å². The first-order valence-corrected chi connectivity index (χ1v) is 5.95. The molecule has 1 aromatic carbocycles. The van der Waals surface area contributed by atoms with Gasteiger partial charge in [0, 0.05) is 31.4 Å². The van der Waals surface area contributed by atoms with Crippen LogP contribution in [0.1, 0.15) is 22.5 Å². The van der Waals surface area contributed by atoms with Crippen LogP contribution in [0.15, 0.2) is 30.5 Å². The molecule has 0 aliphatic rings. The number of benzene rings is 1. The van der Waals surface area contributed by atoms with Crippen LogP contribution in [0.3, 0.4) is 0 Å². The molecule has 0 radical (unpaired) electrons. The minimum atomic E-state index is -0.547. The average Bonchev–Trinajstić information content (AvgIpc) is 2.81. The van der Waals surface area contributed by atoms with Crippen molar-refractivity contribution < 1.29 is 13.9 Å². The van der Waals surface area contributed by atoms with Gasteiger partial charge in [0.2, 0.25) is 0 Å². The summed E-state index contributed by atoms with van der Waals surface area (Å²) in [6.07, 6.45) is 2.47. The van der Waals surface area contributed by atoms with Crippen molar-refractivity contribution >= 4 is 5.78 Å². The molecule has 0 amide bonds. The number of hydrogen-bond acceptors (Lipinski definition) is 3. The van der Waals surface area contributed by atoms with Crippen molar-refractivity contribution in [2.45, 2.75) is 12.8 Å². The van der Waals surface area contributed by atoms with E-state index >= 15 is 0 Å². The molecule has 1 heterocycles. The molecule has 2 rings (SSSR count). The van der Waals surface area contributed by atoms with E-state index in [4.69, 9.17) is 4.74 Å². The third kappa shape index (κ3) is 2.99. The van der Waals surface area contributed by atoms with Gasteiger partial charge in [-0.25, -0.2) is 4.39 Å². The summed E-state index contributed by atoms with van der Waals surface area (Å²) in [7, 11) is 3.27. The molecule has 100 valence electrons. The van der Waals surface area contributed by atoms with E-state index in [0.29, 0.717) is 12.2 Å². The standard InChI is InChI=1S/C14H15FN2O2/c1-17-10(7-8-16-17)3-6-14(18)12-5-4-11(19-2)9-13(12)15/h4-5,7-9H,3,6H2,1-2H3. The second kappa shape index (κ2) is 5.65. The van der Waals surface area contributed by atoms with Crippen molar-refractivity contribution in [3.8, 4) is 5.75 Å². The van der Waals surface area contributed by atoms with Gasteiger partial charge in [0.15, 0.2) is 5.78 Å². The molecule has 0 atom stereocenters. The Balaban J connectivity index is 2.06. The first kappa shape index (κ1) is 13.3. The van der Waals surface area contributed by atoms with Crippen molar-refractivity contribution in [1.29, 1.82) is 0 Å². The van der Waals surface area contributed by atoms with Crippen LogP contribution in [0.2, 0.25) is 0 Å². The van der Waals surface area contributed by atoms with Crippen LogP contribution >= 0.6 is 0 Å². The van der Waals surface area contributed by atoms with Gasteiger partial charge in [-0.05, 0) is 24.6 Å². The Morgan fingerprint density at radius 1 is 1.42 bits per heavy atom. The fraction of sp³-hybridized carbons (Fsp3) is 0.286. The second-order valence-electron chi connectivity index (χ2n) is 4.22. The van der Waals surface area contributed by atoms with E-state index in [1.54, 1.807) is 16.9 Å². The zero-order chi connectivity index (χ0) is 13.8. The van der Waals surface area contributed by atoms with Crippen LogP contribution in [0.25, 0.3) is 0 Å². The molecule has 0 aliphatic carbocycles. The Hall–Kier alpha value is -2.17. The number of nitrogens with zero attached hydrogens (tertiary/aromatic N) is 2. The molecule has 0 spiro atoms. The number of halogens is 1. The van der Waals surface area contributed by atoms with Crippen LogP contribution in [0.5, 0.6) is 5.75 Å². The largest absolute Gasteiger partial charge is 0.497 e. The predicted molar refractivity (Wildman–Crippen MR) is 68.8 cm³/mol. The van der Waals surface area contributed by atoms with E-state index in [0.717, 1.165) is 5.69 Å². The van der Waals surface area contributed by atoms with E-state index < -0.39 is 5.82 Å². The summed E-state index contributed by atoms with van der Waals surface area (Å²) in [6, 6.07) is 6.11. The number of hydrogen-bond donors (Lipinski definition) is 0. The Kier molecular flexibility index (Phi) is 3.94. The maximum Gasteiger partial charge on any atom is 0.166 e. The van der Waals surface area contributed by atoms with Crippen molar-refractivity contribution in [1.82, 2.24) is 9.78 Å². The van der Waals surface area contributed by atoms with Crippen LogP contribution in [0, 0.1) is 5.82 Å². The number of Topliss-reactive ketones (excluding diaryl/α,β-unsaturated/α-hetero) is 1. The number of aryl methyl sites for hydroxylation is 2. The van der Waals surface area contributed by atoms with Crippen molar-refractivity contribution in [3.05, 3.63) is 47.5 Å². The molecule has 5 heteroatoms. The summed E-state index contributed by atoms with van der Waals surface area (Å²) in [5.74, 6) is -0.364. The van der Waals surface area contributed by atoms with Gasteiger partial charge in [0.05, 0.1) is 12.7 Å². The first-order valence-electron chi connectivity index (χ1n) is 5.95. The van der Waals surface area contributed by atoms with Gasteiger partial charge in [-0.1, -0.05) is 0 Å². The number of carbonyl (C=O) groups is 1. The average molecular weight is 262 g/mol. The summed E-state index contributed by atoms with van der Waals surface area (Å²) in [6.45, 7) is 0. The molecule has 0 bridgehead atoms. The number of ketones is 1. The monoisotopic (exact) mass is 262 g/mol. The maximum absolute atomic E-state index is 13.7. The number of ether oxygens (including phenoxy) is 1. The molecule has 0 unspecified atom stereocenters. The fourth-order valence-corrected chi connectivity index (χ4v) is 1.87. The summed E-state index contributed by atoms with van der Waals surface area (Å²) < 4.78 is 20.3. The number of methoxy groups -OCH3 is 1. The highest BCUT2D eigenvalue weighted by Crippen LogP contribution is 2.18. The highest BCUT2D eigenvalue weighted by molar-refractivity contribution is 5.96. The minimum Gasteiger partial charge on any atom is -0.497 e. The Morgan fingerprint density at radius 3 is 2.79 bits per heavy atom. The van der Waals surface area contributed by atoms with Crippen molar-refractivity contribution in [3.63, 3.8) is 0 Å². The van der Waals surface area contributed by atoms with Crippen LogP contribution in [-0.4, -0.2) is 22.7 Å². The van der Waals surface area contributed by atoms with Gasteiger partial charge < -0.3 is 4.74 Å². The number of carbonyl (C=O) groups excluding carboxylic acids is 1. The van der Waals surface area contributed by atoms with Gasteiger partial charge in [-0.2, -0.15) is 5.10 Å². The summed E-state index contributed by atoms with van der Waals surface area (Å²) >= 11 is 0. The molecule has 19 heavy (non-hydrogen) atoms. The molecule has 0 N–H and O–H groups in total. The first-order chi connectivity index (χ1) is 9.11. The summed E-state index contributed by atoms with van der Waals surface area (Å²) in [5.41, 5.74) is 1.05. The van der Waals surface area contributed by atoms with Gasteiger partial charge in [-0.3, -0.25) is 9.48 Å². The third-order valence-electron chi connectivity index (χ3n) is 3.01. The lowest BCUT2D eigenvalue weighted by molar-refractivity contribution is 0.0978. The van der Waals surface area contributed by atoms with Crippen molar-refractivity contribution in [2.24, 2.45) is 7.05 Å². The number of aromatic nitrogens is 2. The highest BCUT2D eigenvalue weighted by Gasteiger charge is 2.13. The zero-order valence-corrected chi connectivity index (χ0v) is 10.9. The van der Waals surface area contributed by atoms with E-state index in [2.05, 4.69) is 5.10 Å². The molecule has 0 saturated heterocycles. The fourth-order valence-electron chi connectivity index (χ4n) is 1.87. The summed E-state index contributed by atoms with van der Waals surface area (Å²) in [4.78, 5) is 12.0. The van der Waals surface area contributed by atoms with E-state index in [1.165, 1.54) is 19.2 Å². The van der Waals surface area contributed by atoms with Crippen LogP contribution in [-0.2, 0) is 13.5 Å². The molecule has 0 saturated carbocycles. The lowest BCUT2D eigenvalue weighted by atomic mass is 10.0. The van der Waals surface area contributed by atoms with Gasteiger partial charge in [0.1, 0.15) is 11.6 Å². The molecule has 1 aromatic heterocycles. The van der Waals surface area contributed by atoms with Gasteiger partial charge in [-0.15, -0.1) is 0 Å². The lowest BCUT2D eigenvalue weighted by Gasteiger charge is -2.05. The predicted octanol–water partition coefficient (Wildman–Crippen LogP) is 2.38. The second-order valence-corrected chi connectivity index (χ2v) is 4.22. The molecule has 4 nitrogen and oxygen atoms in total. The van der Waals surface area contributed by atoms with E-state index in [-0.39, 0.29) is 17.8 Å². The number of rotatable bonds is 5. The topological polar surface area (TPSA) is 44.1 Å². The molecular weight excluding hydrogens is 247 g/mol. The van der Waals surface area contributed by atoms with Crippen molar-refractivity contribution in [2.75, 3.05) is 7.11 Å². The lowest BCUT2D eigenvalue weighted by Crippen LogP contribution is -2.06. The Bertz CT molecular complexity index is 593. The minimum absolute atomic E-state index is 0.1000. The maximum atomic E-state index is 13.7. The Morgan fingerprint density at radius 2 is 2.21 bits per heavy atom. The van der Waals surface area contributed by atoms with E-state index in [9.17, 15) is 9.18 Å². The quantitative estimate of drug-likeness (QED) is 0.777. The smallest absolute Gasteiger partial charge is 0.166 e. The van der Waals surface area contributed by atoms with Gasteiger partial charge in [0.25, 0.3) is 0 Å². The molecule has 2 aromatic rings.